The van der Waals surface area contributed by atoms with Gasteiger partial charge in [0, 0.05) is 20.1 Å². The van der Waals surface area contributed by atoms with E-state index in [1.165, 1.54) is 17.3 Å². The smallest absolute Gasteiger partial charge is 0.233 e. The van der Waals surface area contributed by atoms with E-state index < -0.39 is 0 Å². The molecule has 1 amide bonds. The summed E-state index contributed by atoms with van der Waals surface area (Å²) in [4.78, 5) is 14.7. The van der Waals surface area contributed by atoms with Gasteiger partial charge in [0.05, 0.1) is 5.75 Å². The fourth-order valence-electron chi connectivity index (χ4n) is 3.84. The Morgan fingerprint density at radius 2 is 2.19 bits per heavy atom. The number of aryl methyl sites for hydroxylation is 1. The zero-order valence-electron chi connectivity index (χ0n) is 15.7. The van der Waals surface area contributed by atoms with Crippen LogP contribution in [0.15, 0.2) is 29.7 Å². The van der Waals surface area contributed by atoms with Gasteiger partial charge >= 0.3 is 0 Å². The number of aromatic nitrogens is 3. The van der Waals surface area contributed by atoms with Gasteiger partial charge in [0.25, 0.3) is 0 Å². The van der Waals surface area contributed by atoms with Gasteiger partial charge in [0.1, 0.15) is 6.33 Å². The monoisotopic (exact) mass is 388 g/mol. The van der Waals surface area contributed by atoms with Crippen molar-refractivity contribution in [2.75, 3.05) is 25.6 Å². The molecule has 1 fully saturated rings. The van der Waals surface area contributed by atoms with Crippen LogP contribution in [0.5, 0.6) is 11.5 Å². The first-order chi connectivity index (χ1) is 13.0. The Balaban J connectivity index is 1.37. The van der Waals surface area contributed by atoms with Gasteiger partial charge in [0.2, 0.25) is 12.7 Å². The third-order valence-electron chi connectivity index (χ3n) is 5.20. The van der Waals surface area contributed by atoms with E-state index in [-0.39, 0.29) is 11.3 Å². The quantitative estimate of drug-likeness (QED) is 0.733. The van der Waals surface area contributed by atoms with Crippen LogP contribution in [0.2, 0.25) is 0 Å². The predicted molar refractivity (Wildman–Crippen MR) is 102 cm³/mol. The van der Waals surface area contributed by atoms with E-state index in [0.717, 1.165) is 49.0 Å². The number of hydrogen-bond donors (Lipinski definition) is 0. The highest BCUT2D eigenvalue weighted by atomic mass is 32.2. The van der Waals surface area contributed by atoms with Gasteiger partial charge in [-0.3, -0.25) is 4.79 Å². The highest BCUT2D eigenvalue weighted by molar-refractivity contribution is 7.99. The second-order valence-electron chi connectivity index (χ2n) is 7.61. The molecule has 2 aliphatic heterocycles. The number of ether oxygens (including phenoxy) is 2. The van der Waals surface area contributed by atoms with Crippen molar-refractivity contribution in [1.29, 1.82) is 0 Å². The molecular weight excluding hydrogens is 364 g/mol. The topological polar surface area (TPSA) is 69.5 Å². The highest BCUT2D eigenvalue weighted by Crippen LogP contribution is 2.37. The zero-order valence-corrected chi connectivity index (χ0v) is 16.5. The fraction of sp³-hybridized carbons (Fsp3) is 0.526. The lowest BCUT2D eigenvalue weighted by Gasteiger charge is -2.40. The van der Waals surface area contributed by atoms with E-state index in [0.29, 0.717) is 12.5 Å². The number of carbonyl (C=O) groups is 1. The average molecular weight is 388 g/mol. The summed E-state index contributed by atoms with van der Waals surface area (Å²) in [6.07, 6.45) is 4.71. The second-order valence-corrected chi connectivity index (χ2v) is 8.55. The number of nitrogens with zero attached hydrogens (tertiary/aromatic N) is 4. The van der Waals surface area contributed by atoms with Crippen LogP contribution >= 0.6 is 11.8 Å². The van der Waals surface area contributed by atoms with Crippen molar-refractivity contribution in [2.24, 2.45) is 12.5 Å². The molecule has 0 unspecified atom stereocenters. The van der Waals surface area contributed by atoms with Crippen molar-refractivity contribution in [2.45, 2.75) is 31.3 Å². The summed E-state index contributed by atoms with van der Waals surface area (Å²) in [7, 11) is 1.89. The van der Waals surface area contributed by atoms with Crippen molar-refractivity contribution >= 4 is 17.7 Å². The number of thioether (sulfide) groups is 1. The number of likely N-dealkylation sites (tertiary alicyclic amines) is 1. The standard InChI is InChI=1S/C19H24N4O3S/c1-19(9-14-4-5-15-16(8-14)26-13-25-15)6-3-7-23(11-19)17(24)10-27-18-21-20-12-22(18)2/h4-5,8,12H,3,6-7,9-11,13H2,1-2H3/t19-/m0/s1. The molecule has 0 bridgehead atoms. The van der Waals surface area contributed by atoms with Crippen LogP contribution in [0.25, 0.3) is 0 Å². The minimum atomic E-state index is 0.0665. The molecular formula is C19H24N4O3S. The molecule has 0 spiro atoms. The lowest BCUT2D eigenvalue weighted by Crippen LogP contribution is -2.46. The molecule has 1 atom stereocenters. The Morgan fingerprint density at radius 1 is 1.33 bits per heavy atom. The number of piperidine rings is 1. The number of amides is 1. The van der Waals surface area contributed by atoms with Crippen molar-refractivity contribution in [3.05, 3.63) is 30.1 Å². The van der Waals surface area contributed by atoms with E-state index in [9.17, 15) is 4.79 Å². The molecule has 2 aliphatic rings. The molecule has 4 rings (SSSR count). The van der Waals surface area contributed by atoms with Crippen LogP contribution in [0.3, 0.4) is 0 Å². The van der Waals surface area contributed by atoms with Crippen LogP contribution in [0, 0.1) is 5.41 Å². The summed E-state index contributed by atoms with van der Waals surface area (Å²) >= 11 is 1.44. The van der Waals surface area contributed by atoms with Gasteiger partial charge < -0.3 is 18.9 Å². The van der Waals surface area contributed by atoms with Gasteiger partial charge in [-0.25, -0.2) is 0 Å². The molecule has 7 nitrogen and oxygen atoms in total. The normalized spacial score (nSPS) is 21.5. The van der Waals surface area contributed by atoms with Crippen LogP contribution in [-0.4, -0.2) is 51.2 Å². The highest BCUT2D eigenvalue weighted by Gasteiger charge is 2.33. The molecule has 0 saturated carbocycles. The molecule has 0 aliphatic carbocycles. The molecule has 1 aromatic carbocycles. The number of rotatable bonds is 5. The first-order valence-electron chi connectivity index (χ1n) is 9.16. The Kier molecular flexibility index (Phi) is 4.99. The molecule has 0 radical (unpaired) electrons. The number of hydrogen-bond acceptors (Lipinski definition) is 6. The van der Waals surface area contributed by atoms with Crippen molar-refractivity contribution in [3.8, 4) is 11.5 Å². The lowest BCUT2D eigenvalue weighted by molar-refractivity contribution is -0.131. The summed E-state index contributed by atoms with van der Waals surface area (Å²) in [5, 5.41) is 8.65. The van der Waals surface area contributed by atoms with Crippen molar-refractivity contribution in [3.63, 3.8) is 0 Å². The van der Waals surface area contributed by atoms with Gasteiger partial charge in [0.15, 0.2) is 16.7 Å². The molecule has 2 aromatic rings. The summed E-state index contributed by atoms with van der Waals surface area (Å²) < 4.78 is 12.7. The molecule has 0 N–H and O–H groups in total. The van der Waals surface area contributed by atoms with E-state index in [1.54, 1.807) is 6.33 Å². The Labute approximate surface area is 163 Å². The first kappa shape index (κ1) is 18.2. The summed E-state index contributed by atoms with van der Waals surface area (Å²) in [5.74, 6) is 2.19. The maximum atomic E-state index is 12.7. The lowest BCUT2D eigenvalue weighted by atomic mass is 9.77. The molecule has 1 aromatic heterocycles. The Hall–Kier alpha value is -2.22. The van der Waals surface area contributed by atoms with Gasteiger partial charge in [-0.05, 0) is 42.4 Å². The Bertz CT molecular complexity index is 840. The minimum Gasteiger partial charge on any atom is -0.454 e. The van der Waals surface area contributed by atoms with Crippen LogP contribution in [-0.2, 0) is 18.3 Å². The SMILES string of the molecule is Cn1cnnc1SCC(=O)N1CCC[C@@](C)(Cc2ccc3c(c2)OCO3)C1. The third kappa shape index (κ3) is 4.05. The van der Waals surface area contributed by atoms with Gasteiger partial charge in [-0.15, -0.1) is 10.2 Å². The average Bonchev–Trinajstić information content (AvgIpc) is 3.27. The second kappa shape index (κ2) is 7.42. The van der Waals surface area contributed by atoms with Crippen LogP contribution in [0.1, 0.15) is 25.3 Å². The molecule has 144 valence electrons. The maximum absolute atomic E-state index is 12.7. The number of carbonyl (C=O) groups excluding carboxylic acids is 1. The van der Waals surface area contributed by atoms with Crippen molar-refractivity contribution < 1.29 is 14.3 Å². The summed E-state index contributed by atoms with van der Waals surface area (Å²) in [5.41, 5.74) is 1.29. The van der Waals surface area contributed by atoms with E-state index in [4.69, 9.17) is 9.47 Å². The molecule has 1 saturated heterocycles. The Morgan fingerprint density at radius 3 is 3.00 bits per heavy atom. The van der Waals surface area contributed by atoms with Crippen LogP contribution < -0.4 is 9.47 Å². The van der Waals surface area contributed by atoms with Crippen LogP contribution in [0.4, 0.5) is 0 Å². The number of benzene rings is 1. The molecule has 3 heterocycles. The van der Waals surface area contributed by atoms with Gasteiger partial charge in [-0.1, -0.05) is 24.8 Å². The number of fused-ring (bicyclic) bond motifs is 1. The van der Waals surface area contributed by atoms with E-state index in [1.807, 2.05) is 22.6 Å². The van der Waals surface area contributed by atoms with Crippen molar-refractivity contribution in [1.82, 2.24) is 19.7 Å². The van der Waals surface area contributed by atoms with E-state index >= 15 is 0 Å². The summed E-state index contributed by atoms with van der Waals surface area (Å²) in [6, 6.07) is 6.14. The largest absolute Gasteiger partial charge is 0.454 e. The summed E-state index contributed by atoms with van der Waals surface area (Å²) in [6.45, 7) is 4.17. The maximum Gasteiger partial charge on any atom is 0.233 e. The van der Waals surface area contributed by atoms with Gasteiger partial charge in [-0.2, -0.15) is 0 Å². The minimum absolute atomic E-state index is 0.0665. The zero-order chi connectivity index (χ0) is 18.9. The molecule has 27 heavy (non-hydrogen) atoms. The predicted octanol–water partition coefficient (Wildman–Crippen LogP) is 2.51. The molecule has 8 heteroatoms. The first-order valence-corrected chi connectivity index (χ1v) is 10.1. The fourth-order valence-corrected chi connectivity index (χ4v) is 4.63. The third-order valence-corrected chi connectivity index (χ3v) is 6.22. The van der Waals surface area contributed by atoms with E-state index in [2.05, 4.69) is 29.3 Å².